The Morgan fingerprint density at radius 1 is 0.955 bits per heavy atom. The largest absolute Gasteiger partial charge is 0.464 e. The molecule has 6 heteroatoms. The minimum atomic E-state index is -4.07. The first-order valence-corrected chi connectivity index (χ1v) is 10.2. The minimum Gasteiger partial charge on any atom is -0.464 e. The molecule has 2 rings (SSSR count). The Morgan fingerprint density at radius 3 is 1.82 bits per heavy atom. The monoisotopic (exact) mass is 332 g/mol. The fourth-order valence-electron chi connectivity index (χ4n) is 4.10. The van der Waals surface area contributed by atoms with Gasteiger partial charge in [0.15, 0.2) is 0 Å². The lowest BCUT2D eigenvalue weighted by molar-refractivity contribution is -0.153. The summed E-state index contributed by atoms with van der Waals surface area (Å²) in [5, 5.41) is 0. The lowest BCUT2D eigenvalue weighted by atomic mass is 9.69. The van der Waals surface area contributed by atoms with Gasteiger partial charge in [-0.1, -0.05) is 38.5 Å². The Labute approximate surface area is 133 Å². The van der Waals surface area contributed by atoms with Crippen LogP contribution in [0.5, 0.6) is 0 Å². The first kappa shape index (κ1) is 17.7. The molecule has 0 saturated heterocycles. The molecule has 0 amide bonds. The summed E-state index contributed by atoms with van der Waals surface area (Å²) in [6.45, 7) is -0.242. The predicted molar refractivity (Wildman–Crippen MR) is 84.0 cm³/mol. The van der Waals surface area contributed by atoms with E-state index >= 15 is 0 Å². The van der Waals surface area contributed by atoms with Gasteiger partial charge >= 0.3 is 5.97 Å². The molecular weight excluding hydrogens is 304 g/mol. The van der Waals surface area contributed by atoms with Crippen molar-refractivity contribution in [3.63, 3.8) is 0 Å². The third-order valence-corrected chi connectivity index (χ3v) is 5.86. The fourth-order valence-corrected chi connectivity index (χ4v) is 4.39. The molecule has 0 unspecified atom stereocenters. The molecule has 0 aromatic rings. The van der Waals surface area contributed by atoms with Crippen LogP contribution in [0.15, 0.2) is 0 Å². The summed E-state index contributed by atoms with van der Waals surface area (Å²) >= 11 is 0. The van der Waals surface area contributed by atoms with Crippen molar-refractivity contribution in [2.45, 2.75) is 64.2 Å². The topological polar surface area (TPSA) is 80.7 Å². The second kappa shape index (κ2) is 8.29. The molecule has 2 aliphatic rings. The first-order valence-electron chi connectivity index (χ1n) is 8.59. The molecule has 0 heterocycles. The maximum Gasteiger partial charge on any atom is 0.309 e. The standard InChI is InChI=1S/C16H28O5S/c17-16(21-11-12-22(18,19)20)15(13-7-3-1-4-8-13)14-9-5-2-6-10-14/h13-15H,1-12H2,(H,18,19,20). The molecule has 128 valence electrons. The van der Waals surface area contributed by atoms with Crippen molar-refractivity contribution < 1.29 is 22.5 Å². The molecule has 0 aromatic carbocycles. The van der Waals surface area contributed by atoms with E-state index in [1.165, 1.54) is 38.5 Å². The molecule has 0 bridgehead atoms. The van der Waals surface area contributed by atoms with Crippen LogP contribution in [0.25, 0.3) is 0 Å². The summed E-state index contributed by atoms with van der Waals surface area (Å²) in [6, 6.07) is 0. The highest BCUT2D eigenvalue weighted by molar-refractivity contribution is 7.85. The second-order valence-electron chi connectivity index (χ2n) is 6.78. The Morgan fingerprint density at radius 2 is 1.41 bits per heavy atom. The molecule has 0 aromatic heterocycles. The molecule has 0 atom stereocenters. The molecule has 0 aliphatic heterocycles. The Bertz CT molecular complexity index is 429. The van der Waals surface area contributed by atoms with E-state index < -0.39 is 15.9 Å². The van der Waals surface area contributed by atoms with Gasteiger partial charge in [-0.3, -0.25) is 9.35 Å². The van der Waals surface area contributed by atoms with Gasteiger partial charge in [0.25, 0.3) is 10.1 Å². The summed E-state index contributed by atoms with van der Waals surface area (Å²) < 4.78 is 35.5. The van der Waals surface area contributed by atoms with E-state index in [1.807, 2.05) is 0 Å². The van der Waals surface area contributed by atoms with Crippen molar-refractivity contribution in [2.75, 3.05) is 12.4 Å². The molecule has 2 saturated carbocycles. The Balaban J connectivity index is 1.97. The van der Waals surface area contributed by atoms with Gasteiger partial charge in [-0.05, 0) is 37.5 Å². The predicted octanol–water partition coefficient (Wildman–Crippen LogP) is 3.19. The SMILES string of the molecule is O=C(OCCS(=O)(=O)O)C(C1CCCCC1)C1CCCCC1. The van der Waals surface area contributed by atoms with Crippen LogP contribution in [-0.2, 0) is 19.6 Å². The molecule has 1 N–H and O–H groups in total. The Hall–Kier alpha value is -0.620. The maximum atomic E-state index is 12.5. The van der Waals surface area contributed by atoms with E-state index in [-0.39, 0.29) is 18.5 Å². The number of hydrogen-bond acceptors (Lipinski definition) is 4. The Kier molecular flexibility index (Phi) is 6.68. The van der Waals surface area contributed by atoms with Crippen LogP contribution in [0, 0.1) is 17.8 Å². The summed E-state index contributed by atoms with van der Waals surface area (Å²) in [6.07, 6.45) is 11.5. The second-order valence-corrected chi connectivity index (χ2v) is 8.35. The van der Waals surface area contributed by atoms with Gasteiger partial charge in [0.05, 0.1) is 5.92 Å². The number of hydrogen-bond donors (Lipinski definition) is 1. The molecular formula is C16H28O5S. The third-order valence-electron chi connectivity index (χ3n) is 5.17. The van der Waals surface area contributed by atoms with Crippen molar-refractivity contribution in [1.29, 1.82) is 0 Å². The quantitative estimate of drug-likeness (QED) is 0.597. The van der Waals surface area contributed by atoms with Crippen molar-refractivity contribution in [3.8, 4) is 0 Å². The van der Waals surface area contributed by atoms with Crippen molar-refractivity contribution in [3.05, 3.63) is 0 Å². The average Bonchev–Trinajstić information content (AvgIpc) is 2.48. The van der Waals surface area contributed by atoms with E-state index in [0.717, 1.165) is 25.7 Å². The van der Waals surface area contributed by atoms with Gasteiger partial charge in [-0.2, -0.15) is 8.42 Å². The smallest absolute Gasteiger partial charge is 0.309 e. The number of carbonyl (C=O) groups is 1. The normalized spacial score (nSPS) is 21.9. The van der Waals surface area contributed by atoms with Gasteiger partial charge in [0, 0.05) is 0 Å². The van der Waals surface area contributed by atoms with E-state index in [2.05, 4.69) is 0 Å². The van der Waals surface area contributed by atoms with Gasteiger partial charge < -0.3 is 4.74 Å². The zero-order chi connectivity index (χ0) is 16.0. The number of carbonyl (C=O) groups excluding carboxylic acids is 1. The highest BCUT2D eigenvalue weighted by Crippen LogP contribution is 2.40. The van der Waals surface area contributed by atoms with Crippen LogP contribution < -0.4 is 0 Å². The van der Waals surface area contributed by atoms with Crippen molar-refractivity contribution >= 4 is 16.1 Å². The van der Waals surface area contributed by atoms with Crippen LogP contribution in [0.4, 0.5) is 0 Å². The van der Waals surface area contributed by atoms with E-state index in [0.29, 0.717) is 11.8 Å². The summed E-state index contributed by atoms with van der Waals surface area (Å²) in [5.41, 5.74) is 0. The molecule has 2 fully saturated rings. The lowest BCUT2D eigenvalue weighted by Gasteiger charge is -2.36. The van der Waals surface area contributed by atoms with Gasteiger partial charge in [0.1, 0.15) is 12.4 Å². The van der Waals surface area contributed by atoms with E-state index in [1.54, 1.807) is 0 Å². The first-order chi connectivity index (χ1) is 10.5. The highest BCUT2D eigenvalue weighted by atomic mass is 32.2. The van der Waals surface area contributed by atoms with E-state index in [9.17, 15) is 13.2 Å². The minimum absolute atomic E-state index is 0.0815. The molecule has 22 heavy (non-hydrogen) atoms. The molecule has 2 aliphatic carbocycles. The van der Waals surface area contributed by atoms with Gasteiger partial charge in [-0.15, -0.1) is 0 Å². The van der Waals surface area contributed by atoms with Gasteiger partial charge in [-0.25, -0.2) is 0 Å². The summed E-state index contributed by atoms with van der Waals surface area (Å²) in [5.74, 6) is -0.0736. The molecule has 5 nitrogen and oxygen atoms in total. The van der Waals surface area contributed by atoms with Crippen LogP contribution >= 0.6 is 0 Å². The van der Waals surface area contributed by atoms with Crippen LogP contribution in [0.3, 0.4) is 0 Å². The van der Waals surface area contributed by atoms with Crippen LogP contribution in [0.2, 0.25) is 0 Å². The van der Waals surface area contributed by atoms with Gasteiger partial charge in [0.2, 0.25) is 0 Å². The fraction of sp³-hybridized carbons (Fsp3) is 0.938. The van der Waals surface area contributed by atoms with Crippen LogP contribution in [0.1, 0.15) is 64.2 Å². The summed E-state index contributed by atoms with van der Waals surface area (Å²) in [7, 11) is -4.07. The number of esters is 1. The van der Waals surface area contributed by atoms with Crippen molar-refractivity contribution in [2.24, 2.45) is 17.8 Å². The lowest BCUT2D eigenvalue weighted by Crippen LogP contribution is -2.35. The maximum absolute atomic E-state index is 12.5. The van der Waals surface area contributed by atoms with Crippen LogP contribution in [-0.4, -0.2) is 31.3 Å². The number of ether oxygens (including phenoxy) is 1. The zero-order valence-corrected chi connectivity index (χ0v) is 14.0. The molecule has 0 radical (unpaired) electrons. The highest BCUT2D eigenvalue weighted by Gasteiger charge is 2.37. The average molecular weight is 332 g/mol. The third kappa shape index (κ3) is 5.54. The van der Waals surface area contributed by atoms with E-state index in [4.69, 9.17) is 9.29 Å². The molecule has 0 spiro atoms. The number of rotatable bonds is 6. The summed E-state index contributed by atoms with van der Waals surface area (Å²) in [4.78, 5) is 12.5. The zero-order valence-electron chi connectivity index (χ0n) is 13.2. The van der Waals surface area contributed by atoms with Crippen molar-refractivity contribution in [1.82, 2.24) is 0 Å².